The summed E-state index contributed by atoms with van der Waals surface area (Å²) in [7, 11) is 0. The first-order chi connectivity index (χ1) is 27.2. The van der Waals surface area contributed by atoms with Crippen LogP contribution in [-0.4, -0.2) is 21.3 Å². The van der Waals surface area contributed by atoms with Gasteiger partial charge in [-0.2, -0.15) is 0 Å². The number of allylic oxidation sites excluding steroid dienone is 3. The molecule has 6 aromatic carbocycles. The summed E-state index contributed by atoms with van der Waals surface area (Å²) in [6.07, 6.45) is 7.63. The van der Waals surface area contributed by atoms with Crippen LogP contribution < -0.4 is 4.90 Å². The highest BCUT2D eigenvalue weighted by molar-refractivity contribution is 8.00. The van der Waals surface area contributed by atoms with Crippen LogP contribution in [0.25, 0.3) is 53.6 Å². The normalized spacial score (nSPS) is 24.3. The van der Waals surface area contributed by atoms with Crippen LogP contribution in [0.1, 0.15) is 35.8 Å². The highest BCUT2D eigenvalue weighted by Crippen LogP contribution is 2.66. The van der Waals surface area contributed by atoms with Gasteiger partial charge in [0.15, 0.2) is 5.82 Å². The van der Waals surface area contributed by atoms with Gasteiger partial charge in [0.25, 0.3) is 0 Å². The Morgan fingerprint density at radius 2 is 1.40 bits per heavy atom. The van der Waals surface area contributed by atoms with E-state index >= 15 is 0 Å². The number of hydrogen-bond donors (Lipinski definition) is 0. The quantitative estimate of drug-likeness (QED) is 0.180. The Kier molecular flexibility index (Phi) is 6.45. The molecule has 4 heterocycles. The zero-order chi connectivity index (χ0) is 35.8. The lowest BCUT2D eigenvalue weighted by Gasteiger charge is -2.43. The lowest BCUT2D eigenvalue weighted by molar-refractivity contribution is 0.495. The van der Waals surface area contributed by atoms with E-state index < -0.39 is 0 Å². The number of thioether (sulfide) groups is 1. The van der Waals surface area contributed by atoms with Gasteiger partial charge in [0.2, 0.25) is 0 Å². The predicted octanol–water partition coefficient (Wildman–Crippen LogP) is 13.1. The number of fused-ring (bicyclic) bond motifs is 14. The van der Waals surface area contributed by atoms with Crippen LogP contribution in [0, 0.1) is 11.8 Å². The third-order valence-corrected chi connectivity index (χ3v) is 15.5. The summed E-state index contributed by atoms with van der Waals surface area (Å²) >= 11 is 3.86. The van der Waals surface area contributed by atoms with Crippen molar-refractivity contribution in [2.75, 3.05) is 4.90 Å². The molecule has 6 atom stereocenters. The molecule has 55 heavy (non-hydrogen) atoms. The number of anilines is 2. The summed E-state index contributed by atoms with van der Waals surface area (Å²) in [5, 5.41) is 4.15. The molecule has 1 saturated carbocycles. The van der Waals surface area contributed by atoms with E-state index in [0.717, 1.165) is 33.3 Å². The largest absolute Gasteiger partial charge is 0.319 e. The van der Waals surface area contributed by atoms with Crippen molar-refractivity contribution in [1.82, 2.24) is 9.97 Å². The Morgan fingerprint density at radius 3 is 2.29 bits per heavy atom. The van der Waals surface area contributed by atoms with E-state index in [1.807, 2.05) is 0 Å². The summed E-state index contributed by atoms with van der Waals surface area (Å²) in [5.74, 6) is 3.04. The van der Waals surface area contributed by atoms with E-state index in [2.05, 4.69) is 168 Å². The number of nitrogens with zero attached hydrogens (tertiary/aromatic N) is 3. The van der Waals surface area contributed by atoms with E-state index in [9.17, 15) is 0 Å². The molecule has 0 N–H and O–H groups in total. The second kappa shape index (κ2) is 11.5. The van der Waals surface area contributed by atoms with Crippen molar-refractivity contribution in [3.63, 3.8) is 0 Å². The zero-order valence-corrected chi connectivity index (χ0v) is 31.6. The van der Waals surface area contributed by atoms with E-state index in [1.54, 1.807) is 22.5 Å². The monoisotopic (exact) mass is 741 g/mol. The molecule has 5 unspecified atom stereocenters. The van der Waals surface area contributed by atoms with Crippen LogP contribution in [-0.2, 0) is 0 Å². The SMILES string of the molecule is C1=CC2CC2CC2=C1[C@@H]1c3cc4ccccc4cc3SC1C1C2c2ccccc2N1c1nc2c(nc1-c1ccc(-c3ccccc3)cc1)sc1ccccc12. The fourth-order valence-electron chi connectivity index (χ4n) is 10.4. The van der Waals surface area contributed by atoms with Crippen molar-refractivity contribution in [2.24, 2.45) is 11.8 Å². The van der Waals surface area contributed by atoms with Crippen LogP contribution in [0.3, 0.4) is 0 Å². The predicted molar refractivity (Wildman–Crippen MR) is 230 cm³/mol. The molecular weight excluding hydrogens is 707 g/mol. The van der Waals surface area contributed by atoms with Crippen molar-refractivity contribution in [1.29, 1.82) is 0 Å². The molecule has 8 aromatic rings. The average molecular weight is 742 g/mol. The van der Waals surface area contributed by atoms with Gasteiger partial charge in [0, 0.05) is 43.3 Å². The van der Waals surface area contributed by atoms with Gasteiger partial charge in [-0.05, 0) is 87.5 Å². The smallest absolute Gasteiger partial charge is 0.160 e. The Bertz CT molecular complexity index is 2960. The summed E-state index contributed by atoms with van der Waals surface area (Å²) < 4.78 is 1.23. The van der Waals surface area contributed by atoms with Crippen molar-refractivity contribution >= 4 is 65.8 Å². The van der Waals surface area contributed by atoms with Gasteiger partial charge >= 0.3 is 0 Å². The highest BCUT2D eigenvalue weighted by Gasteiger charge is 2.57. The first-order valence-corrected chi connectivity index (χ1v) is 21.3. The number of hydrogen-bond acceptors (Lipinski definition) is 5. The van der Waals surface area contributed by atoms with Gasteiger partial charge in [-0.15, -0.1) is 23.1 Å². The number of para-hydroxylation sites is 1. The highest BCUT2D eigenvalue weighted by atomic mass is 32.2. The molecule has 5 heteroatoms. The minimum Gasteiger partial charge on any atom is -0.319 e. The van der Waals surface area contributed by atoms with Crippen LogP contribution in [0.5, 0.6) is 0 Å². The molecular formula is C50H35N3S2. The third kappa shape index (κ3) is 4.51. The topological polar surface area (TPSA) is 29.0 Å². The van der Waals surface area contributed by atoms with Gasteiger partial charge < -0.3 is 4.90 Å². The standard InChI is InChI=1S/C50H35N3S2/c1-2-10-28(11-3-1)29-18-20-30(21-19-29)45-49(51-46-37-15-7-9-17-41(37)55-50(46)52-45)53-40-16-8-6-14-36(40)43-38-26-34-24-33(34)22-23-35(38)44-39-25-31-12-4-5-13-32(31)27-42(39)54-48(44)47(43)53/h1-23,25,27,33-34,43-44,47-48H,24,26H2/t33?,34?,43?,44-,47?,48?/m1/s1. The lowest BCUT2D eigenvalue weighted by Crippen LogP contribution is -2.45. The van der Waals surface area contributed by atoms with Crippen LogP contribution >= 0.6 is 23.1 Å². The molecule has 262 valence electrons. The van der Waals surface area contributed by atoms with Crippen molar-refractivity contribution in [3.05, 3.63) is 174 Å². The fourth-order valence-corrected chi connectivity index (χ4v) is 13.1. The number of benzene rings is 6. The summed E-state index contributed by atoms with van der Waals surface area (Å²) in [6, 6.07) is 51.7. The first-order valence-electron chi connectivity index (χ1n) is 19.6. The van der Waals surface area contributed by atoms with Crippen molar-refractivity contribution in [3.8, 4) is 22.4 Å². The van der Waals surface area contributed by atoms with Crippen LogP contribution in [0.4, 0.5) is 11.5 Å². The number of thiophene rings is 1. The molecule has 13 rings (SSSR count). The van der Waals surface area contributed by atoms with Gasteiger partial charge in [-0.3, -0.25) is 0 Å². The molecule has 0 saturated heterocycles. The molecule has 0 spiro atoms. The van der Waals surface area contributed by atoms with Crippen LogP contribution in [0.15, 0.2) is 168 Å². The minimum atomic E-state index is 0.185. The number of rotatable bonds is 3. The van der Waals surface area contributed by atoms with Gasteiger partial charge in [0.1, 0.15) is 16.0 Å². The lowest BCUT2D eigenvalue weighted by atomic mass is 9.69. The number of aromatic nitrogens is 2. The van der Waals surface area contributed by atoms with Crippen molar-refractivity contribution in [2.45, 2.75) is 40.9 Å². The van der Waals surface area contributed by atoms with Crippen LogP contribution in [0.2, 0.25) is 0 Å². The van der Waals surface area contributed by atoms with Gasteiger partial charge in [-0.25, -0.2) is 9.97 Å². The maximum Gasteiger partial charge on any atom is 0.160 e. The maximum absolute atomic E-state index is 5.78. The Hall–Kier alpha value is -5.49. The Labute approximate surface area is 328 Å². The van der Waals surface area contributed by atoms with E-state index in [0.29, 0.717) is 17.1 Å². The zero-order valence-electron chi connectivity index (χ0n) is 30.0. The summed E-state index contributed by atoms with van der Waals surface area (Å²) in [4.78, 5) is 16.5. The first kappa shape index (κ1) is 30.8. The summed E-state index contributed by atoms with van der Waals surface area (Å²) in [5.41, 5.74) is 12.9. The molecule has 1 fully saturated rings. The Balaban J connectivity index is 1.06. The third-order valence-electron chi connectivity index (χ3n) is 13.1. The van der Waals surface area contributed by atoms with Gasteiger partial charge in [0.05, 0.1) is 6.04 Å². The van der Waals surface area contributed by atoms with E-state index in [4.69, 9.17) is 9.97 Å². The molecule has 0 amide bonds. The summed E-state index contributed by atoms with van der Waals surface area (Å²) in [6.45, 7) is 0. The van der Waals surface area contributed by atoms with E-state index in [-0.39, 0.29) is 12.0 Å². The second-order valence-corrected chi connectivity index (χ2v) is 18.2. The molecule has 3 aliphatic carbocycles. The van der Waals surface area contributed by atoms with E-state index in [1.165, 1.54) is 66.5 Å². The Morgan fingerprint density at radius 1 is 0.655 bits per heavy atom. The van der Waals surface area contributed by atoms with Crippen molar-refractivity contribution < 1.29 is 0 Å². The average Bonchev–Trinajstić information content (AvgIpc) is 3.61. The maximum atomic E-state index is 5.78. The minimum absolute atomic E-state index is 0.185. The molecule has 5 aliphatic rings. The second-order valence-electron chi connectivity index (χ2n) is 16.0. The molecule has 2 aliphatic heterocycles. The fraction of sp³-hybridized carbons (Fsp3) is 0.160. The molecule has 2 aromatic heterocycles. The molecule has 3 nitrogen and oxygen atoms in total. The van der Waals surface area contributed by atoms with Gasteiger partial charge in [-0.1, -0.05) is 133 Å². The molecule has 0 bridgehead atoms. The molecule has 0 radical (unpaired) electrons.